The van der Waals surface area contributed by atoms with E-state index in [2.05, 4.69) is 70.5 Å². The SMILES string of the molecule is N#C[C@@H]1CCN(Cc2ccccc2)C1.NC1([C@@H]2CCN(Cc3ccccc3)C2)CC1. The molecular weight excluding hydrogens is 368 g/mol. The first-order valence-corrected chi connectivity index (χ1v) is 11.4. The Kier molecular flexibility index (Phi) is 6.84. The molecule has 5 rings (SSSR count). The molecule has 2 saturated heterocycles. The Labute approximate surface area is 181 Å². The van der Waals surface area contributed by atoms with Crippen molar-refractivity contribution in [2.24, 2.45) is 17.6 Å². The predicted molar refractivity (Wildman–Crippen MR) is 121 cm³/mol. The molecule has 0 bridgehead atoms. The van der Waals surface area contributed by atoms with E-state index in [1.165, 1.54) is 43.5 Å². The van der Waals surface area contributed by atoms with Crippen molar-refractivity contribution < 1.29 is 0 Å². The van der Waals surface area contributed by atoms with Crippen molar-refractivity contribution in [3.63, 3.8) is 0 Å². The van der Waals surface area contributed by atoms with Gasteiger partial charge in [0.1, 0.15) is 0 Å². The molecule has 1 saturated carbocycles. The molecule has 4 nitrogen and oxygen atoms in total. The van der Waals surface area contributed by atoms with Crippen LogP contribution in [0, 0.1) is 23.2 Å². The van der Waals surface area contributed by atoms with Gasteiger partial charge in [-0.15, -0.1) is 0 Å². The number of nitrogens with two attached hydrogens (primary N) is 1. The number of hydrogen-bond donors (Lipinski definition) is 1. The lowest BCUT2D eigenvalue weighted by atomic mass is 9.98. The molecule has 0 spiro atoms. The average Bonchev–Trinajstić information content (AvgIpc) is 3.17. The molecule has 0 unspecified atom stereocenters. The van der Waals surface area contributed by atoms with E-state index in [4.69, 9.17) is 11.0 Å². The van der Waals surface area contributed by atoms with Gasteiger partial charge in [-0.25, -0.2) is 0 Å². The molecule has 30 heavy (non-hydrogen) atoms. The maximum absolute atomic E-state index is 8.77. The number of likely N-dealkylation sites (tertiary alicyclic amines) is 2. The fourth-order valence-corrected chi connectivity index (χ4v) is 4.76. The molecule has 3 fully saturated rings. The van der Waals surface area contributed by atoms with Gasteiger partial charge in [0.2, 0.25) is 0 Å². The molecule has 4 heteroatoms. The Morgan fingerprint density at radius 1 is 0.833 bits per heavy atom. The summed E-state index contributed by atoms with van der Waals surface area (Å²) in [6.07, 6.45) is 4.82. The van der Waals surface area contributed by atoms with Crippen LogP contribution in [0.15, 0.2) is 60.7 Å². The summed E-state index contributed by atoms with van der Waals surface area (Å²) in [5, 5.41) is 8.77. The van der Waals surface area contributed by atoms with Gasteiger partial charge in [-0.1, -0.05) is 60.7 Å². The fourth-order valence-electron chi connectivity index (χ4n) is 4.76. The summed E-state index contributed by atoms with van der Waals surface area (Å²) in [5.74, 6) is 0.995. The summed E-state index contributed by atoms with van der Waals surface area (Å²) < 4.78 is 0. The molecule has 2 heterocycles. The first-order valence-electron chi connectivity index (χ1n) is 11.4. The summed E-state index contributed by atoms with van der Waals surface area (Å²) >= 11 is 0. The van der Waals surface area contributed by atoms with Crippen molar-refractivity contribution in [1.29, 1.82) is 5.26 Å². The van der Waals surface area contributed by atoms with Crippen LogP contribution in [0.2, 0.25) is 0 Å². The number of nitriles is 1. The molecule has 158 valence electrons. The second-order valence-corrected chi connectivity index (χ2v) is 9.27. The first-order chi connectivity index (χ1) is 14.6. The summed E-state index contributed by atoms with van der Waals surface area (Å²) in [5.41, 5.74) is 9.25. The minimum atomic E-state index is 0.214. The van der Waals surface area contributed by atoms with Gasteiger partial charge in [0.15, 0.2) is 0 Å². The number of rotatable bonds is 5. The second-order valence-electron chi connectivity index (χ2n) is 9.27. The van der Waals surface area contributed by atoms with Gasteiger partial charge in [0.05, 0.1) is 12.0 Å². The van der Waals surface area contributed by atoms with Crippen LogP contribution >= 0.6 is 0 Å². The van der Waals surface area contributed by atoms with Crippen molar-refractivity contribution >= 4 is 0 Å². The normalized spacial score (nSPS) is 25.3. The van der Waals surface area contributed by atoms with E-state index < -0.39 is 0 Å². The summed E-state index contributed by atoms with van der Waals surface area (Å²) in [6, 6.07) is 23.5. The third-order valence-corrected chi connectivity index (χ3v) is 6.87. The molecule has 2 aromatic rings. The van der Waals surface area contributed by atoms with Crippen LogP contribution < -0.4 is 5.73 Å². The van der Waals surface area contributed by atoms with Crippen LogP contribution in [-0.4, -0.2) is 41.5 Å². The maximum Gasteiger partial charge on any atom is 0.0669 e. The van der Waals surface area contributed by atoms with Crippen LogP contribution in [0.3, 0.4) is 0 Å². The molecular formula is C26H34N4. The van der Waals surface area contributed by atoms with Gasteiger partial charge in [-0.05, 0) is 55.8 Å². The third-order valence-electron chi connectivity index (χ3n) is 6.87. The average molecular weight is 403 g/mol. The highest BCUT2D eigenvalue weighted by atomic mass is 15.2. The largest absolute Gasteiger partial charge is 0.325 e. The van der Waals surface area contributed by atoms with Crippen LogP contribution in [0.5, 0.6) is 0 Å². The van der Waals surface area contributed by atoms with E-state index in [0.717, 1.165) is 38.5 Å². The molecule has 2 aliphatic heterocycles. The van der Waals surface area contributed by atoms with E-state index in [0.29, 0.717) is 0 Å². The van der Waals surface area contributed by atoms with Crippen molar-refractivity contribution in [1.82, 2.24) is 9.80 Å². The molecule has 3 aliphatic rings. The Morgan fingerprint density at radius 3 is 1.87 bits per heavy atom. The van der Waals surface area contributed by atoms with Crippen LogP contribution in [0.1, 0.15) is 36.8 Å². The van der Waals surface area contributed by atoms with Gasteiger partial charge in [0.25, 0.3) is 0 Å². The molecule has 0 radical (unpaired) electrons. The van der Waals surface area contributed by atoms with Gasteiger partial charge in [0, 0.05) is 31.7 Å². The van der Waals surface area contributed by atoms with Crippen molar-refractivity contribution in [2.75, 3.05) is 26.2 Å². The van der Waals surface area contributed by atoms with Gasteiger partial charge in [-0.2, -0.15) is 5.26 Å². The van der Waals surface area contributed by atoms with E-state index in [-0.39, 0.29) is 11.5 Å². The molecule has 2 aromatic carbocycles. The van der Waals surface area contributed by atoms with E-state index in [9.17, 15) is 0 Å². The number of hydrogen-bond acceptors (Lipinski definition) is 4. The summed E-state index contributed by atoms with van der Waals surface area (Å²) in [4.78, 5) is 4.90. The lowest BCUT2D eigenvalue weighted by molar-refractivity contribution is 0.301. The minimum absolute atomic E-state index is 0.214. The van der Waals surface area contributed by atoms with Crippen LogP contribution in [-0.2, 0) is 13.1 Å². The van der Waals surface area contributed by atoms with Crippen molar-refractivity contribution in [2.45, 2.75) is 44.3 Å². The predicted octanol–water partition coefficient (Wildman–Crippen LogP) is 4.03. The van der Waals surface area contributed by atoms with E-state index in [1.807, 2.05) is 6.07 Å². The minimum Gasteiger partial charge on any atom is -0.325 e. The van der Waals surface area contributed by atoms with Gasteiger partial charge >= 0.3 is 0 Å². The van der Waals surface area contributed by atoms with Crippen molar-refractivity contribution in [3.05, 3.63) is 71.8 Å². The van der Waals surface area contributed by atoms with E-state index >= 15 is 0 Å². The molecule has 1 aliphatic carbocycles. The fraction of sp³-hybridized carbons (Fsp3) is 0.500. The second kappa shape index (κ2) is 9.75. The van der Waals surface area contributed by atoms with Gasteiger partial charge in [-0.3, -0.25) is 9.80 Å². The maximum atomic E-state index is 8.77. The lowest BCUT2D eigenvalue weighted by Gasteiger charge is -2.19. The lowest BCUT2D eigenvalue weighted by Crippen LogP contribution is -2.34. The first kappa shape index (κ1) is 21.1. The highest BCUT2D eigenvalue weighted by Crippen LogP contribution is 2.43. The zero-order chi connectivity index (χ0) is 20.8. The Bertz CT molecular complexity index is 825. The quantitative estimate of drug-likeness (QED) is 0.820. The molecule has 0 aromatic heterocycles. The third kappa shape index (κ3) is 5.70. The van der Waals surface area contributed by atoms with E-state index in [1.54, 1.807) is 0 Å². The summed E-state index contributed by atoms with van der Waals surface area (Å²) in [6.45, 7) is 6.49. The standard InChI is InChI=1S/C14H20N2.C12H14N2/c15-14(7-8-14)13-6-9-16(11-13)10-12-4-2-1-3-5-12;13-8-12-6-7-14(10-12)9-11-4-2-1-3-5-11/h1-5,13H,6-11,15H2;1-5,12H,6-7,9-10H2/t13-;12-/m10/s1. The van der Waals surface area contributed by atoms with Crippen molar-refractivity contribution in [3.8, 4) is 6.07 Å². The Morgan fingerprint density at radius 2 is 1.37 bits per heavy atom. The Balaban J connectivity index is 0.000000147. The highest BCUT2D eigenvalue weighted by Gasteiger charge is 2.47. The zero-order valence-electron chi connectivity index (χ0n) is 17.9. The summed E-state index contributed by atoms with van der Waals surface area (Å²) in [7, 11) is 0. The smallest absolute Gasteiger partial charge is 0.0669 e. The highest BCUT2D eigenvalue weighted by molar-refractivity contribution is 5.16. The Hall–Kier alpha value is -2.19. The monoisotopic (exact) mass is 402 g/mol. The van der Waals surface area contributed by atoms with Crippen LogP contribution in [0.25, 0.3) is 0 Å². The number of benzene rings is 2. The molecule has 0 amide bonds. The molecule has 2 atom stereocenters. The molecule has 2 N–H and O–H groups in total. The number of nitrogens with zero attached hydrogens (tertiary/aromatic N) is 3. The van der Waals surface area contributed by atoms with Gasteiger partial charge < -0.3 is 5.73 Å². The van der Waals surface area contributed by atoms with Crippen LogP contribution in [0.4, 0.5) is 0 Å². The zero-order valence-corrected chi connectivity index (χ0v) is 17.9. The topological polar surface area (TPSA) is 56.3 Å².